The van der Waals surface area contributed by atoms with Gasteiger partial charge in [0.2, 0.25) is 0 Å². The third-order valence-corrected chi connectivity index (χ3v) is 6.46. The highest BCUT2D eigenvalue weighted by atomic mass is 16.5. The summed E-state index contributed by atoms with van der Waals surface area (Å²) in [5.74, 6) is 4.99. The lowest BCUT2D eigenvalue weighted by Crippen LogP contribution is -2.21. The van der Waals surface area contributed by atoms with Crippen LogP contribution < -0.4 is 0 Å². The number of allylic oxidation sites excluding steroid dienone is 2. The van der Waals surface area contributed by atoms with Crippen molar-refractivity contribution in [3.63, 3.8) is 0 Å². The maximum Gasteiger partial charge on any atom is 0.314 e. The fourth-order valence-electron chi connectivity index (χ4n) is 4.75. The molecule has 3 aromatic rings. The molecule has 0 saturated carbocycles. The van der Waals surface area contributed by atoms with E-state index in [1.807, 2.05) is 41.0 Å². The topological polar surface area (TPSA) is 60.7 Å². The Morgan fingerprint density at radius 1 is 1.14 bits per heavy atom. The van der Waals surface area contributed by atoms with Crippen LogP contribution in [-0.4, -0.2) is 29.8 Å². The van der Waals surface area contributed by atoms with Gasteiger partial charge in [0.05, 0.1) is 13.0 Å². The second kappa shape index (κ2) is 9.99. The molecule has 0 spiro atoms. The number of fused-ring (bicyclic) bond motifs is 4. The molecule has 1 unspecified atom stereocenters. The van der Waals surface area contributed by atoms with Crippen LogP contribution in [0.3, 0.4) is 0 Å². The number of rotatable bonds is 6. The van der Waals surface area contributed by atoms with E-state index < -0.39 is 11.9 Å². The molecule has 1 atom stereocenters. The van der Waals surface area contributed by atoms with E-state index in [1.165, 1.54) is 18.9 Å². The molecule has 1 amide bonds. The van der Waals surface area contributed by atoms with Gasteiger partial charge in [0, 0.05) is 23.9 Å². The maximum absolute atomic E-state index is 12.9. The van der Waals surface area contributed by atoms with Gasteiger partial charge in [-0.1, -0.05) is 66.6 Å². The predicted molar refractivity (Wildman–Crippen MR) is 139 cm³/mol. The van der Waals surface area contributed by atoms with Gasteiger partial charge in [-0.3, -0.25) is 9.59 Å². The first-order valence-corrected chi connectivity index (χ1v) is 11.8. The summed E-state index contributed by atoms with van der Waals surface area (Å²) in [7, 11) is 1.35. The van der Waals surface area contributed by atoms with E-state index in [4.69, 9.17) is 4.74 Å². The van der Waals surface area contributed by atoms with Crippen LogP contribution in [0.25, 0.3) is 22.9 Å². The Bertz CT molecular complexity index is 1460. The van der Waals surface area contributed by atoms with Crippen molar-refractivity contribution in [2.45, 2.75) is 32.2 Å². The molecule has 0 saturated heterocycles. The van der Waals surface area contributed by atoms with E-state index in [0.717, 1.165) is 46.1 Å². The zero-order valence-electron chi connectivity index (χ0n) is 19.7. The molecule has 5 nitrogen and oxygen atoms in total. The summed E-state index contributed by atoms with van der Waals surface area (Å²) >= 11 is 0. The molecule has 0 N–H and O–H groups in total. The number of aliphatic imine (C=N–C) groups is 1. The minimum Gasteiger partial charge on any atom is -0.469 e. The summed E-state index contributed by atoms with van der Waals surface area (Å²) in [5.41, 5.74) is 5.20. The first-order valence-electron chi connectivity index (χ1n) is 11.8. The van der Waals surface area contributed by atoms with Gasteiger partial charge in [-0.2, -0.15) is 0 Å². The molecule has 0 aliphatic heterocycles. The molecular formula is C30H26N2O3. The molecule has 35 heavy (non-hydrogen) atoms. The fourth-order valence-corrected chi connectivity index (χ4v) is 4.75. The smallest absolute Gasteiger partial charge is 0.314 e. The van der Waals surface area contributed by atoms with Gasteiger partial charge in [-0.25, -0.2) is 4.99 Å². The summed E-state index contributed by atoms with van der Waals surface area (Å²) in [6.07, 6.45) is 12.8. The summed E-state index contributed by atoms with van der Waals surface area (Å²) in [5, 5.41) is 2.24. The van der Waals surface area contributed by atoms with Crippen LogP contribution in [0, 0.1) is 17.8 Å². The number of methoxy groups -OCH3 is 1. The highest BCUT2D eigenvalue weighted by Gasteiger charge is 2.23. The van der Waals surface area contributed by atoms with Crippen molar-refractivity contribution in [2.75, 3.05) is 7.11 Å². The number of aromatic nitrogens is 1. The number of esters is 1. The van der Waals surface area contributed by atoms with E-state index in [-0.39, 0.29) is 12.5 Å². The van der Waals surface area contributed by atoms with Gasteiger partial charge >= 0.3 is 5.97 Å². The molecular weight excluding hydrogens is 436 g/mol. The lowest BCUT2D eigenvalue weighted by Gasteiger charge is -2.12. The molecule has 0 fully saturated rings. The summed E-state index contributed by atoms with van der Waals surface area (Å²) in [4.78, 5) is 29.6. The Balaban J connectivity index is 1.38. The minimum atomic E-state index is -0.650. The summed E-state index contributed by atoms with van der Waals surface area (Å²) in [6, 6.07) is 14.2. The van der Waals surface area contributed by atoms with E-state index in [0.29, 0.717) is 12.8 Å². The van der Waals surface area contributed by atoms with Gasteiger partial charge < -0.3 is 9.30 Å². The molecule has 0 bridgehead atoms. The molecule has 2 aliphatic carbocycles. The van der Waals surface area contributed by atoms with Gasteiger partial charge in [-0.05, 0) is 53.2 Å². The van der Waals surface area contributed by atoms with Gasteiger partial charge in [-0.15, -0.1) is 0 Å². The Labute approximate surface area is 204 Å². The van der Waals surface area contributed by atoms with Crippen molar-refractivity contribution in [3.8, 4) is 11.8 Å². The van der Waals surface area contributed by atoms with Gasteiger partial charge in [0.25, 0.3) is 5.91 Å². The molecule has 1 heterocycles. The summed E-state index contributed by atoms with van der Waals surface area (Å²) < 4.78 is 6.95. The standard InChI is InChI=1S/C30H26N2O3/c1-35-30(34)24(18-21-15-16-22-9-5-6-10-23(22)17-21)19-31-29(33)20-32-27-13-4-2-3-11-25(27)26-12-7-8-14-28(26)32/h3,5-6,8-11,14-17,19,24H,2,7,12,18,20H2,1H3. The number of nitrogens with zero attached hydrogens (tertiary/aromatic N) is 2. The van der Waals surface area contributed by atoms with Crippen molar-refractivity contribution in [2.24, 2.45) is 10.9 Å². The number of benzene rings is 2. The Kier molecular flexibility index (Phi) is 6.45. The Hall–Kier alpha value is -4.17. The normalized spacial score (nSPS) is 14.7. The molecule has 1 aromatic heterocycles. The van der Waals surface area contributed by atoms with Crippen LogP contribution in [0.15, 0.2) is 59.6 Å². The average molecular weight is 463 g/mol. The van der Waals surface area contributed by atoms with Crippen molar-refractivity contribution >= 4 is 41.0 Å². The third kappa shape index (κ3) is 4.74. The van der Waals surface area contributed by atoms with Crippen LogP contribution >= 0.6 is 0 Å². The third-order valence-electron chi connectivity index (χ3n) is 6.46. The molecule has 5 heteroatoms. The molecule has 0 radical (unpaired) electrons. The van der Waals surface area contributed by atoms with Gasteiger partial charge in [0.15, 0.2) is 0 Å². The molecule has 2 aromatic carbocycles. The number of carbonyl (C=O) groups excluding carboxylic acids is 2. The van der Waals surface area contributed by atoms with Crippen LogP contribution in [-0.2, 0) is 33.7 Å². The van der Waals surface area contributed by atoms with Crippen molar-refractivity contribution in [1.29, 1.82) is 0 Å². The predicted octanol–water partition coefficient (Wildman–Crippen LogP) is 5.00. The van der Waals surface area contributed by atoms with Crippen LogP contribution in [0.4, 0.5) is 0 Å². The first-order chi connectivity index (χ1) is 17.1. The molecule has 2 aliphatic rings. The number of hydrogen-bond acceptors (Lipinski definition) is 3. The van der Waals surface area contributed by atoms with Crippen molar-refractivity contribution < 1.29 is 14.3 Å². The average Bonchev–Trinajstić information content (AvgIpc) is 3.02. The number of ether oxygens (including phenoxy) is 1. The zero-order chi connectivity index (χ0) is 24.2. The van der Waals surface area contributed by atoms with Gasteiger partial charge in [0.1, 0.15) is 12.2 Å². The summed E-state index contributed by atoms with van der Waals surface area (Å²) in [6.45, 7) is 0.0743. The first kappa shape index (κ1) is 22.6. The highest BCUT2D eigenvalue weighted by Crippen LogP contribution is 2.31. The van der Waals surface area contributed by atoms with E-state index >= 15 is 0 Å². The van der Waals surface area contributed by atoms with Crippen LogP contribution in [0.2, 0.25) is 0 Å². The van der Waals surface area contributed by atoms with Crippen molar-refractivity contribution in [1.82, 2.24) is 4.57 Å². The van der Waals surface area contributed by atoms with E-state index in [1.54, 1.807) is 0 Å². The van der Waals surface area contributed by atoms with Crippen molar-refractivity contribution in [3.05, 3.63) is 82.7 Å². The minimum absolute atomic E-state index is 0.0743. The molecule has 5 rings (SSSR count). The lowest BCUT2D eigenvalue weighted by atomic mass is 9.98. The van der Waals surface area contributed by atoms with Crippen LogP contribution in [0.5, 0.6) is 0 Å². The second-order valence-corrected chi connectivity index (χ2v) is 8.75. The monoisotopic (exact) mass is 462 g/mol. The Morgan fingerprint density at radius 2 is 2.00 bits per heavy atom. The fraction of sp³-hybridized carbons (Fsp3) is 0.233. The SMILES string of the molecule is COC(=O)C(C=NC(=O)Cn1c2c(c3c1C=CCC3)C=CCC#C2)Cc1ccc2ccccc2c1. The van der Waals surface area contributed by atoms with Crippen LogP contribution in [0.1, 0.15) is 40.9 Å². The number of amides is 1. The Morgan fingerprint density at radius 3 is 2.86 bits per heavy atom. The van der Waals surface area contributed by atoms with E-state index in [9.17, 15) is 9.59 Å². The molecule has 174 valence electrons. The largest absolute Gasteiger partial charge is 0.469 e. The quantitative estimate of drug-likeness (QED) is 0.294. The lowest BCUT2D eigenvalue weighted by molar-refractivity contribution is -0.142. The zero-order valence-corrected chi connectivity index (χ0v) is 19.7. The number of carbonyl (C=O) groups is 2. The highest BCUT2D eigenvalue weighted by molar-refractivity contribution is 5.95. The second-order valence-electron chi connectivity index (χ2n) is 8.75. The van der Waals surface area contributed by atoms with E-state index in [2.05, 4.69) is 47.2 Å². The maximum atomic E-state index is 12.9. The number of hydrogen-bond donors (Lipinski definition) is 0.